The number of amides is 1. The fourth-order valence-corrected chi connectivity index (χ4v) is 5.68. The molecule has 158 valence electrons. The van der Waals surface area contributed by atoms with Crippen LogP contribution in [0.3, 0.4) is 0 Å². The van der Waals surface area contributed by atoms with Crippen molar-refractivity contribution < 1.29 is 13.2 Å². The average molecular weight is 430 g/mol. The van der Waals surface area contributed by atoms with Gasteiger partial charge in [-0.15, -0.1) is 12.4 Å². The van der Waals surface area contributed by atoms with Crippen molar-refractivity contribution >= 4 is 28.3 Å². The molecule has 2 aliphatic heterocycles. The predicted octanol–water partition coefficient (Wildman–Crippen LogP) is 2.55. The predicted molar refractivity (Wildman–Crippen MR) is 113 cm³/mol. The van der Waals surface area contributed by atoms with Gasteiger partial charge in [0.05, 0.1) is 4.90 Å². The van der Waals surface area contributed by atoms with Gasteiger partial charge in [0, 0.05) is 37.6 Å². The smallest absolute Gasteiger partial charge is 0.243 e. The zero-order valence-electron chi connectivity index (χ0n) is 16.7. The molecule has 1 aromatic carbocycles. The number of halogens is 1. The SMILES string of the molecule is Cc1ccc(S(=O)(=O)N2CCC(C(=O)N3CCCCC3C(C)N)CC2)cc1.Cl. The van der Waals surface area contributed by atoms with Crippen molar-refractivity contribution in [2.24, 2.45) is 11.7 Å². The molecule has 3 rings (SSSR count). The summed E-state index contributed by atoms with van der Waals surface area (Å²) in [6.45, 7) is 5.45. The fourth-order valence-electron chi connectivity index (χ4n) is 4.21. The minimum atomic E-state index is -3.49. The molecule has 2 aliphatic rings. The third kappa shape index (κ3) is 4.87. The van der Waals surface area contributed by atoms with Gasteiger partial charge in [0.1, 0.15) is 0 Å². The summed E-state index contributed by atoms with van der Waals surface area (Å²) in [5, 5.41) is 0. The van der Waals surface area contributed by atoms with Crippen molar-refractivity contribution in [1.82, 2.24) is 9.21 Å². The van der Waals surface area contributed by atoms with Gasteiger partial charge in [0.25, 0.3) is 0 Å². The minimum absolute atomic E-state index is 0. The number of nitrogens with two attached hydrogens (primary N) is 1. The summed E-state index contributed by atoms with van der Waals surface area (Å²) in [5.74, 6) is 0.0539. The number of carbonyl (C=O) groups excluding carboxylic acids is 1. The van der Waals surface area contributed by atoms with Crippen molar-refractivity contribution in [3.05, 3.63) is 29.8 Å². The molecule has 0 aliphatic carbocycles. The Kier molecular flexibility index (Phi) is 7.90. The molecular weight excluding hydrogens is 398 g/mol. The largest absolute Gasteiger partial charge is 0.338 e. The quantitative estimate of drug-likeness (QED) is 0.797. The van der Waals surface area contributed by atoms with E-state index in [0.29, 0.717) is 30.8 Å². The summed E-state index contributed by atoms with van der Waals surface area (Å²) in [6.07, 6.45) is 4.25. The average Bonchev–Trinajstić information content (AvgIpc) is 2.68. The number of piperidine rings is 2. The molecule has 2 saturated heterocycles. The second kappa shape index (κ2) is 9.57. The first-order valence-corrected chi connectivity index (χ1v) is 11.4. The van der Waals surface area contributed by atoms with Gasteiger partial charge < -0.3 is 10.6 Å². The molecule has 0 aromatic heterocycles. The van der Waals surface area contributed by atoms with Gasteiger partial charge in [-0.2, -0.15) is 4.31 Å². The van der Waals surface area contributed by atoms with Crippen LogP contribution in [0, 0.1) is 12.8 Å². The normalized spacial score (nSPS) is 23.1. The molecule has 2 unspecified atom stereocenters. The molecule has 0 bridgehead atoms. The molecule has 8 heteroatoms. The molecule has 6 nitrogen and oxygen atoms in total. The van der Waals surface area contributed by atoms with Crippen molar-refractivity contribution in [1.29, 1.82) is 0 Å². The zero-order chi connectivity index (χ0) is 19.6. The van der Waals surface area contributed by atoms with Gasteiger partial charge in [0.2, 0.25) is 15.9 Å². The van der Waals surface area contributed by atoms with Crippen LogP contribution in [-0.2, 0) is 14.8 Å². The van der Waals surface area contributed by atoms with Crippen LogP contribution in [0.1, 0.15) is 44.6 Å². The molecular formula is C20H32ClN3O3S. The highest BCUT2D eigenvalue weighted by molar-refractivity contribution is 7.89. The van der Waals surface area contributed by atoms with Crippen LogP contribution in [0.15, 0.2) is 29.2 Å². The Balaban J connectivity index is 0.00000280. The summed E-state index contributed by atoms with van der Waals surface area (Å²) < 4.78 is 27.2. The minimum Gasteiger partial charge on any atom is -0.338 e. The Bertz CT molecular complexity index is 759. The van der Waals surface area contributed by atoms with Crippen LogP contribution in [0.2, 0.25) is 0 Å². The van der Waals surface area contributed by atoms with Gasteiger partial charge in [-0.1, -0.05) is 17.7 Å². The van der Waals surface area contributed by atoms with Crippen LogP contribution in [-0.4, -0.2) is 55.2 Å². The van der Waals surface area contributed by atoms with Gasteiger partial charge in [-0.25, -0.2) is 8.42 Å². The number of rotatable bonds is 4. The molecule has 2 N–H and O–H groups in total. The first-order valence-electron chi connectivity index (χ1n) is 9.93. The van der Waals surface area contributed by atoms with Crippen LogP contribution < -0.4 is 5.73 Å². The van der Waals surface area contributed by atoms with Gasteiger partial charge in [-0.05, 0) is 58.1 Å². The molecule has 0 radical (unpaired) electrons. The molecule has 0 spiro atoms. The number of carbonyl (C=O) groups is 1. The van der Waals surface area contributed by atoms with E-state index in [4.69, 9.17) is 5.73 Å². The molecule has 1 amide bonds. The van der Waals surface area contributed by atoms with E-state index in [2.05, 4.69) is 0 Å². The Hall–Kier alpha value is -1.15. The van der Waals surface area contributed by atoms with E-state index in [9.17, 15) is 13.2 Å². The van der Waals surface area contributed by atoms with Crippen molar-refractivity contribution in [2.75, 3.05) is 19.6 Å². The highest BCUT2D eigenvalue weighted by atomic mass is 35.5. The topological polar surface area (TPSA) is 83.7 Å². The number of nitrogens with zero attached hydrogens (tertiary/aromatic N) is 2. The molecule has 1 aromatic rings. The number of benzene rings is 1. The Morgan fingerprint density at radius 3 is 2.25 bits per heavy atom. The Morgan fingerprint density at radius 2 is 1.68 bits per heavy atom. The van der Waals surface area contributed by atoms with E-state index < -0.39 is 10.0 Å². The lowest BCUT2D eigenvalue weighted by Gasteiger charge is -2.41. The van der Waals surface area contributed by atoms with Crippen LogP contribution in [0.4, 0.5) is 0 Å². The fraction of sp³-hybridized carbons (Fsp3) is 0.650. The number of aryl methyl sites for hydroxylation is 1. The number of hydrogen-bond donors (Lipinski definition) is 1. The van der Waals surface area contributed by atoms with E-state index in [-0.39, 0.29) is 36.3 Å². The first kappa shape index (κ1) is 23.1. The van der Waals surface area contributed by atoms with Crippen LogP contribution >= 0.6 is 12.4 Å². The summed E-state index contributed by atoms with van der Waals surface area (Å²) in [4.78, 5) is 15.3. The van der Waals surface area contributed by atoms with Gasteiger partial charge in [-0.3, -0.25) is 4.79 Å². The maximum Gasteiger partial charge on any atom is 0.243 e. The lowest BCUT2D eigenvalue weighted by molar-refractivity contribution is -0.141. The van der Waals surface area contributed by atoms with Crippen LogP contribution in [0.25, 0.3) is 0 Å². The zero-order valence-corrected chi connectivity index (χ0v) is 18.3. The molecule has 2 atom stereocenters. The third-order valence-electron chi connectivity index (χ3n) is 5.90. The van der Waals surface area contributed by atoms with Crippen molar-refractivity contribution in [3.8, 4) is 0 Å². The number of hydrogen-bond acceptors (Lipinski definition) is 4. The molecule has 2 heterocycles. The van der Waals surface area contributed by atoms with E-state index in [1.54, 1.807) is 12.1 Å². The standard InChI is InChI=1S/C20H31N3O3S.ClH/c1-15-6-8-18(9-7-15)27(25,26)22-13-10-17(11-14-22)20(24)23-12-4-3-5-19(23)16(2)21;/h6-9,16-17,19H,3-5,10-14,21H2,1-2H3;1H. The highest BCUT2D eigenvalue weighted by Gasteiger charge is 2.37. The van der Waals surface area contributed by atoms with E-state index in [0.717, 1.165) is 31.4 Å². The monoisotopic (exact) mass is 429 g/mol. The summed E-state index contributed by atoms with van der Waals surface area (Å²) >= 11 is 0. The number of likely N-dealkylation sites (tertiary alicyclic amines) is 1. The Labute approximate surface area is 174 Å². The van der Waals surface area contributed by atoms with Gasteiger partial charge >= 0.3 is 0 Å². The Morgan fingerprint density at radius 1 is 1.07 bits per heavy atom. The summed E-state index contributed by atoms with van der Waals surface area (Å²) in [7, 11) is -3.49. The van der Waals surface area contributed by atoms with E-state index >= 15 is 0 Å². The number of sulfonamides is 1. The van der Waals surface area contributed by atoms with E-state index in [1.807, 2.05) is 30.9 Å². The van der Waals surface area contributed by atoms with Crippen molar-refractivity contribution in [3.63, 3.8) is 0 Å². The van der Waals surface area contributed by atoms with Crippen LogP contribution in [0.5, 0.6) is 0 Å². The highest BCUT2D eigenvalue weighted by Crippen LogP contribution is 2.28. The molecule has 2 fully saturated rings. The molecule has 0 saturated carbocycles. The van der Waals surface area contributed by atoms with Crippen molar-refractivity contribution in [2.45, 2.75) is 62.9 Å². The maximum absolute atomic E-state index is 13.0. The second-order valence-electron chi connectivity index (χ2n) is 7.95. The maximum atomic E-state index is 13.0. The second-order valence-corrected chi connectivity index (χ2v) is 9.88. The summed E-state index contributed by atoms with van der Waals surface area (Å²) in [5.41, 5.74) is 7.13. The lowest BCUT2D eigenvalue weighted by Crippen LogP contribution is -2.54. The summed E-state index contributed by atoms with van der Waals surface area (Å²) in [6, 6.07) is 7.02. The van der Waals surface area contributed by atoms with E-state index in [1.165, 1.54) is 4.31 Å². The first-order chi connectivity index (χ1) is 12.8. The van der Waals surface area contributed by atoms with Gasteiger partial charge in [0.15, 0.2) is 0 Å². The molecule has 28 heavy (non-hydrogen) atoms. The lowest BCUT2D eigenvalue weighted by atomic mass is 9.91. The third-order valence-corrected chi connectivity index (χ3v) is 7.81.